The van der Waals surface area contributed by atoms with Crippen LogP contribution < -0.4 is 10.2 Å². The summed E-state index contributed by atoms with van der Waals surface area (Å²) in [4.78, 5) is 2.59. The van der Waals surface area contributed by atoms with Gasteiger partial charge in [-0.25, -0.2) is 0 Å². The molecule has 0 radical (unpaired) electrons. The molecule has 1 fully saturated rings. The fourth-order valence-electron chi connectivity index (χ4n) is 2.89. The molecule has 1 unspecified atom stereocenters. The quantitative estimate of drug-likeness (QED) is 0.862. The molecule has 0 saturated carbocycles. The van der Waals surface area contributed by atoms with E-state index in [9.17, 15) is 0 Å². The van der Waals surface area contributed by atoms with E-state index in [0.717, 1.165) is 19.5 Å². The minimum Gasteiger partial charge on any atom is -0.365 e. The molecule has 0 aliphatic carbocycles. The van der Waals surface area contributed by atoms with Crippen LogP contribution in [0.1, 0.15) is 38.8 Å². The van der Waals surface area contributed by atoms with E-state index in [-0.39, 0.29) is 5.54 Å². The van der Waals surface area contributed by atoms with Crippen LogP contribution in [0.2, 0.25) is 0 Å². The Kier molecular flexibility index (Phi) is 3.67. The number of nitrogens with one attached hydrogen (secondary N) is 1. The number of rotatable bonds is 2. The van der Waals surface area contributed by atoms with Gasteiger partial charge in [0, 0.05) is 30.4 Å². The topological polar surface area (TPSA) is 15.3 Å². The van der Waals surface area contributed by atoms with E-state index in [1.54, 1.807) is 0 Å². The summed E-state index contributed by atoms with van der Waals surface area (Å²) in [6.07, 6.45) is 1.11. The van der Waals surface area contributed by atoms with E-state index in [2.05, 4.69) is 63.0 Å². The zero-order valence-corrected chi connectivity index (χ0v) is 12.4. The van der Waals surface area contributed by atoms with Crippen LogP contribution in [0, 0.1) is 6.92 Å². The van der Waals surface area contributed by atoms with Gasteiger partial charge in [0.05, 0.1) is 0 Å². The van der Waals surface area contributed by atoms with Crippen LogP contribution in [0.5, 0.6) is 0 Å². The Hall–Kier alpha value is -1.02. The average Bonchev–Trinajstić information content (AvgIpc) is 2.32. The van der Waals surface area contributed by atoms with Gasteiger partial charge >= 0.3 is 0 Å². The monoisotopic (exact) mass is 246 g/mol. The van der Waals surface area contributed by atoms with Crippen LogP contribution in [-0.2, 0) is 6.42 Å². The van der Waals surface area contributed by atoms with E-state index in [1.807, 2.05) is 0 Å². The van der Waals surface area contributed by atoms with Crippen molar-refractivity contribution < 1.29 is 0 Å². The van der Waals surface area contributed by atoms with Crippen molar-refractivity contribution in [2.45, 2.75) is 52.6 Å². The van der Waals surface area contributed by atoms with Crippen LogP contribution in [-0.4, -0.2) is 24.7 Å². The fraction of sp³-hybridized carbons (Fsp3) is 0.625. The largest absolute Gasteiger partial charge is 0.365 e. The smallest absolute Gasteiger partial charge is 0.0431 e. The van der Waals surface area contributed by atoms with E-state index in [1.165, 1.54) is 16.8 Å². The molecule has 2 rings (SSSR count). The first-order chi connectivity index (χ1) is 8.44. The number of hydrogen-bond donors (Lipinski definition) is 1. The summed E-state index contributed by atoms with van der Waals surface area (Å²) in [5.74, 6) is 0. The van der Waals surface area contributed by atoms with Crippen molar-refractivity contribution in [2.24, 2.45) is 0 Å². The first kappa shape index (κ1) is 13.4. The predicted octanol–water partition coefficient (Wildman–Crippen LogP) is 3.13. The molecule has 0 amide bonds. The average molecular weight is 246 g/mol. The SMILES string of the molecule is CCc1cccc(C)c1N1CC(C)(C)NCC1C. The lowest BCUT2D eigenvalue weighted by Gasteiger charge is -2.46. The van der Waals surface area contributed by atoms with E-state index in [0.29, 0.717) is 6.04 Å². The Balaban J connectivity index is 2.40. The maximum absolute atomic E-state index is 3.62. The van der Waals surface area contributed by atoms with E-state index < -0.39 is 0 Å². The third kappa shape index (κ3) is 2.54. The summed E-state index contributed by atoms with van der Waals surface area (Å²) in [6.45, 7) is 13.5. The van der Waals surface area contributed by atoms with Gasteiger partial charge in [0.15, 0.2) is 0 Å². The number of anilines is 1. The molecule has 2 heteroatoms. The van der Waals surface area contributed by atoms with Gasteiger partial charge in [0.25, 0.3) is 0 Å². The summed E-state index contributed by atoms with van der Waals surface area (Å²) in [7, 11) is 0. The van der Waals surface area contributed by atoms with Crippen LogP contribution in [0.15, 0.2) is 18.2 Å². The van der Waals surface area contributed by atoms with E-state index in [4.69, 9.17) is 0 Å². The van der Waals surface area contributed by atoms with Crippen LogP contribution in [0.25, 0.3) is 0 Å². The number of nitrogens with zero attached hydrogens (tertiary/aromatic N) is 1. The molecule has 0 bridgehead atoms. The summed E-state index contributed by atoms with van der Waals surface area (Å²) in [6, 6.07) is 7.24. The highest BCUT2D eigenvalue weighted by Crippen LogP contribution is 2.30. The van der Waals surface area contributed by atoms with Crippen molar-refractivity contribution in [2.75, 3.05) is 18.0 Å². The molecule has 18 heavy (non-hydrogen) atoms. The number of aryl methyl sites for hydroxylation is 2. The second kappa shape index (κ2) is 4.93. The van der Waals surface area contributed by atoms with Crippen molar-refractivity contribution in [1.82, 2.24) is 5.32 Å². The summed E-state index contributed by atoms with van der Waals surface area (Å²) >= 11 is 0. The predicted molar refractivity (Wildman–Crippen MR) is 79.4 cm³/mol. The highest BCUT2D eigenvalue weighted by Gasteiger charge is 2.31. The second-order valence-corrected chi connectivity index (χ2v) is 6.18. The molecular weight excluding hydrogens is 220 g/mol. The number of benzene rings is 1. The maximum Gasteiger partial charge on any atom is 0.0431 e. The van der Waals surface area contributed by atoms with Crippen molar-refractivity contribution >= 4 is 5.69 Å². The molecule has 1 saturated heterocycles. The summed E-state index contributed by atoms with van der Waals surface area (Å²) in [5, 5.41) is 3.62. The molecule has 1 aromatic carbocycles. The molecule has 0 spiro atoms. The van der Waals surface area contributed by atoms with Gasteiger partial charge in [-0.2, -0.15) is 0 Å². The van der Waals surface area contributed by atoms with Crippen LogP contribution in [0.3, 0.4) is 0 Å². The summed E-state index contributed by atoms with van der Waals surface area (Å²) < 4.78 is 0. The third-order valence-electron chi connectivity index (χ3n) is 3.96. The number of para-hydroxylation sites is 1. The Bertz CT molecular complexity index is 423. The minimum absolute atomic E-state index is 0.194. The van der Waals surface area contributed by atoms with Crippen molar-refractivity contribution in [1.29, 1.82) is 0 Å². The van der Waals surface area contributed by atoms with Crippen LogP contribution >= 0.6 is 0 Å². The second-order valence-electron chi connectivity index (χ2n) is 6.18. The Labute approximate surface area is 111 Å². The van der Waals surface area contributed by atoms with Crippen molar-refractivity contribution in [3.05, 3.63) is 29.3 Å². The zero-order chi connectivity index (χ0) is 13.3. The normalized spacial score (nSPS) is 23.2. The lowest BCUT2D eigenvalue weighted by molar-refractivity contribution is 0.317. The molecule has 0 aromatic heterocycles. The molecule has 1 heterocycles. The lowest BCUT2D eigenvalue weighted by Crippen LogP contribution is -2.61. The molecule has 1 atom stereocenters. The van der Waals surface area contributed by atoms with Gasteiger partial charge in [0.1, 0.15) is 0 Å². The fourth-order valence-corrected chi connectivity index (χ4v) is 2.89. The highest BCUT2D eigenvalue weighted by atomic mass is 15.3. The van der Waals surface area contributed by atoms with Gasteiger partial charge in [-0.3, -0.25) is 0 Å². The number of piperazine rings is 1. The van der Waals surface area contributed by atoms with E-state index >= 15 is 0 Å². The minimum atomic E-state index is 0.194. The highest BCUT2D eigenvalue weighted by molar-refractivity contribution is 5.60. The molecule has 1 aliphatic heterocycles. The van der Waals surface area contributed by atoms with Crippen molar-refractivity contribution in [3.63, 3.8) is 0 Å². The molecule has 1 aliphatic rings. The Morgan fingerprint density at radius 2 is 2.11 bits per heavy atom. The third-order valence-corrected chi connectivity index (χ3v) is 3.96. The van der Waals surface area contributed by atoms with Gasteiger partial charge < -0.3 is 10.2 Å². The molecule has 2 nitrogen and oxygen atoms in total. The first-order valence-corrected chi connectivity index (χ1v) is 7.05. The Morgan fingerprint density at radius 3 is 2.78 bits per heavy atom. The molecule has 1 aromatic rings. The van der Waals surface area contributed by atoms with Gasteiger partial charge in [-0.15, -0.1) is 0 Å². The maximum atomic E-state index is 3.62. The standard InChI is InChI=1S/C16H26N2/c1-6-14-9-7-8-12(2)15(14)18-11-16(4,5)17-10-13(18)3/h7-9,13,17H,6,10-11H2,1-5H3. The molecule has 1 N–H and O–H groups in total. The van der Waals surface area contributed by atoms with Gasteiger partial charge in [0.2, 0.25) is 0 Å². The summed E-state index contributed by atoms with van der Waals surface area (Å²) in [5.41, 5.74) is 4.53. The molecule has 100 valence electrons. The Morgan fingerprint density at radius 1 is 1.39 bits per heavy atom. The van der Waals surface area contributed by atoms with Crippen molar-refractivity contribution in [3.8, 4) is 0 Å². The van der Waals surface area contributed by atoms with Gasteiger partial charge in [-0.05, 0) is 45.2 Å². The first-order valence-electron chi connectivity index (χ1n) is 7.05. The zero-order valence-electron chi connectivity index (χ0n) is 12.4. The van der Waals surface area contributed by atoms with Crippen LogP contribution in [0.4, 0.5) is 5.69 Å². The molecular formula is C16H26N2. The number of hydrogen-bond acceptors (Lipinski definition) is 2. The van der Waals surface area contributed by atoms with Gasteiger partial charge in [-0.1, -0.05) is 25.1 Å². The lowest BCUT2D eigenvalue weighted by atomic mass is 9.95.